The predicted octanol–water partition coefficient (Wildman–Crippen LogP) is 3.08. The maximum absolute atomic E-state index is 12.6. The summed E-state index contributed by atoms with van der Waals surface area (Å²) in [5.74, 6) is 0.142. The van der Waals surface area contributed by atoms with E-state index in [-0.39, 0.29) is 5.02 Å². The summed E-state index contributed by atoms with van der Waals surface area (Å²) in [6.07, 6.45) is 0.676. The van der Waals surface area contributed by atoms with E-state index in [1.54, 1.807) is 0 Å². The lowest BCUT2D eigenvalue weighted by atomic mass is 10.3. The first-order valence-corrected chi connectivity index (χ1v) is 3.99. The van der Waals surface area contributed by atoms with Gasteiger partial charge in [0.15, 0.2) is 0 Å². The van der Waals surface area contributed by atoms with Crippen molar-refractivity contribution < 1.29 is 9.13 Å². The van der Waals surface area contributed by atoms with Crippen LogP contribution in [-0.2, 0) is 0 Å². The van der Waals surface area contributed by atoms with E-state index in [9.17, 15) is 4.39 Å². The van der Waals surface area contributed by atoms with E-state index in [2.05, 4.69) is 6.92 Å². The number of hydrogen-bond acceptors (Lipinski definition) is 1. The molecule has 0 aliphatic rings. The zero-order valence-electron chi connectivity index (χ0n) is 6.52. The molecule has 1 aromatic carbocycles. The first kappa shape index (κ1) is 9.33. The topological polar surface area (TPSA) is 9.23 Å². The van der Waals surface area contributed by atoms with Gasteiger partial charge in [0.25, 0.3) is 0 Å². The lowest BCUT2D eigenvalue weighted by Crippen LogP contribution is -1.94. The van der Waals surface area contributed by atoms with Crippen LogP contribution in [0, 0.1) is 12.7 Å². The van der Waals surface area contributed by atoms with Crippen molar-refractivity contribution in [2.45, 2.75) is 6.42 Å². The van der Waals surface area contributed by atoms with Gasteiger partial charge in [-0.1, -0.05) is 11.6 Å². The SMILES string of the molecule is [CH2]CCOc1ccc(F)c(Cl)c1. The molecular formula is C9H9ClFO. The predicted molar refractivity (Wildman–Crippen MR) is 46.9 cm³/mol. The van der Waals surface area contributed by atoms with Crippen LogP contribution >= 0.6 is 11.6 Å². The van der Waals surface area contributed by atoms with Gasteiger partial charge in [-0.25, -0.2) is 4.39 Å². The van der Waals surface area contributed by atoms with Crippen molar-refractivity contribution in [1.29, 1.82) is 0 Å². The Morgan fingerprint density at radius 2 is 2.25 bits per heavy atom. The van der Waals surface area contributed by atoms with Crippen molar-refractivity contribution in [2.24, 2.45) is 0 Å². The Labute approximate surface area is 76.1 Å². The summed E-state index contributed by atoms with van der Waals surface area (Å²) in [6, 6.07) is 4.27. The fourth-order valence-corrected chi connectivity index (χ4v) is 0.927. The van der Waals surface area contributed by atoms with Gasteiger partial charge >= 0.3 is 0 Å². The number of halogens is 2. The van der Waals surface area contributed by atoms with E-state index < -0.39 is 5.82 Å². The number of hydrogen-bond donors (Lipinski definition) is 0. The normalized spacial score (nSPS) is 9.92. The molecular weight excluding hydrogens is 179 g/mol. The zero-order chi connectivity index (χ0) is 8.97. The molecule has 3 heteroatoms. The maximum Gasteiger partial charge on any atom is 0.142 e. The molecule has 12 heavy (non-hydrogen) atoms. The smallest absolute Gasteiger partial charge is 0.142 e. The number of benzene rings is 1. The molecule has 0 fully saturated rings. The third kappa shape index (κ3) is 2.38. The Kier molecular flexibility index (Phi) is 3.35. The molecule has 0 spiro atoms. The second-order valence-electron chi connectivity index (χ2n) is 2.28. The average molecular weight is 188 g/mol. The highest BCUT2D eigenvalue weighted by Crippen LogP contribution is 2.20. The fourth-order valence-electron chi connectivity index (χ4n) is 0.757. The Balaban J connectivity index is 2.69. The van der Waals surface area contributed by atoms with Crippen molar-refractivity contribution in [1.82, 2.24) is 0 Å². The molecule has 0 aliphatic carbocycles. The van der Waals surface area contributed by atoms with Crippen molar-refractivity contribution in [2.75, 3.05) is 6.61 Å². The molecule has 0 saturated carbocycles. The monoisotopic (exact) mass is 187 g/mol. The first-order chi connectivity index (χ1) is 5.74. The van der Waals surface area contributed by atoms with Crippen LogP contribution < -0.4 is 4.74 Å². The van der Waals surface area contributed by atoms with Crippen LogP contribution in [0.3, 0.4) is 0 Å². The van der Waals surface area contributed by atoms with E-state index in [1.807, 2.05) is 0 Å². The Morgan fingerprint density at radius 3 is 2.83 bits per heavy atom. The molecule has 1 radical (unpaired) electrons. The standard InChI is InChI=1S/C9H9ClFO/c1-2-5-12-7-3-4-9(11)8(10)6-7/h3-4,6H,1-2,5H2. The quantitative estimate of drug-likeness (QED) is 0.707. The molecule has 0 bridgehead atoms. The lowest BCUT2D eigenvalue weighted by Gasteiger charge is -2.04. The maximum atomic E-state index is 12.6. The van der Waals surface area contributed by atoms with Crippen molar-refractivity contribution in [3.8, 4) is 5.75 Å². The summed E-state index contributed by atoms with van der Waals surface area (Å²) in [6.45, 7) is 4.12. The van der Waals surface area contributed by atoms with Gasteiger partial charge in [-0.05, 0) is 25.5 Å². The molecule has 0 aromatic heterocycles. The van der Waals surface area contributed by atoms with E-state index in [1.165, 1.54) is 18.2 Å². The minimum Gasteiger partial charge on any atom is -0.494 e. The van der Waals surface area contributed by atoms with Crippen LogP contribution in [0.2, 0.25) is 5.02 Å². The highest BCUT2D eigenvalue weighted by molar-refractivity contribution is 6.30. The lowest BCUT2D eigenvalue weighted by molar-refractivity contribution is 0.324. The molecule has 0 saturated heterocycles. The molecule has 0 amide bonds. The average Bonchev–Trinajstić information content (AvgIpc) is 2.07. The molecule has 0 atom stereocenters. The number of ether oxygens (including phenoxy) is 1. The van der Waals surface area contributed by atoms with Gasteiger partial charge in [-0.3, -0.25) is 0 Å². The van der Waals surface area contributed by atoms with Gasteiger partial charge in [-0.2, -0.15) is 0 Å². The van der Waals surface area contributed by atoms with Crippen molar-refractivity contribution in [3.05, 3.63) is 36.0 Å². The van der Waals surface area contributed by atoms with E-state index >= 15 is 0 Å². The van der Waals surface area contributed by atoms with Crippen LogP contribution in [-0.4, -0.2) is 6.61 Å². The summed E-state index contributed by atoms with van der Waals surface area (Å²) in [5, 5.41) is 0.0802. The first-order valence-electron chi connectivity index (χ1n) is 3.61. The molecule has 1 rings (SSSR count). The fraction of sp³-hybridized carbons (Fsp3) is 0.222. The van der Waals surface area contributed by atoms with Crippen LogP contribution in [0.1, 0.15) is 6.42 Å². The van der Waals surface area contributed by atoms with E-state index in [0.717, 1.165) is 0 Å². The van der Waals surface area contributed by atoms with E-state index in [4.69, 9.17) is 16.3 Å². The molecule has 0 N–H and O–H groups in total. The molecule has 65 valence electrons. The van der Waals surface area contributed by atoms with Gasteiger partial charge in [0.1, 0.15) is 11.6 Å². The minimum atomic E-state index is -0.432. The summed E-state index contributed by atoms with van der Waals surface area (Å²) >= 11 is 5.52. The minimum absolute atomic E-state index is 0.0802. The Morgan fingerprint density at radius 1 is 1.50 bits per heavy atom. The third-order valence-electron chi connectivity index (χ3n) is 1.30. The van der Waals surface area contributed by atoms with Crippen LogP contribution in [0.5, 0.6) is 5.75 Å². The van der Waals surface area contributed by atoms with Crippen molar-refractivity contribution >= 4 is 11.6 Å². The summed E-state index contributed by atoms with van der Waals surface area (Å²) in [7, 11) is 0. The molecule has 0 unspecified atom stereocenters. The van der Waals surface area contributed by atoms with Crippen LogP contribution in [0.15, 0.2) is 18.2 Å². The van der Waals surface area contributed by atoms with Crippen molar-refractivity contribution in [3.63, 3.8) is 0 Å². The van der Waals surface area contributed by atoms with Crippen LogP contribution in [0.25, 0.3) is 0 Å². The highest BCUT2D eigenvalue weighted by atomic mass is 35.5. The van der Waals surface area contributed by atoms with Gasteiger partial charge in [0.05, 0.1) is 11.6 Å². The zero-order valence-corrected chi connectivity index (χ0v) is 7.27. The second kappa shape index (κ2) is 4.31. The Bertz CT molecular complexity index is 263. The highest BCUT2D eigenvalue weighted by Gasteiger charge is 2.00. The van der Waals surface area contributed by atoms with Gasteiger partial charge < -0.3 is 4.74 Å². The molecule has 1 nitrogen and oxygen atoms in total. The van der Waals surface area contributed by atoms with Gasteiger partial charge in [-0.15, -0.1) is 0 Å². The van der Waals surface area contributed by atoms with Gasteiger partial charge in [0, 0.05) is 6.07 Å². The number of rotatable bonds is 3. The molecule has 0 aliphatic heterocycles. The summed E-state index contributed by atoms with van der Waals surface area (Å²) in [4.78, 5) is 0. The molecule has 1 aromatic rings. The molecule has 0 heterocycles. The van der Waals surface area contributed by atoms with E-state index in [0.29, 0.717) is 18.8 Å². The van der Waals surface area contributed by atoms with Crippen LogP contribution in [0.4, 0.5) is 4.39 Å². The second-order valence-corrected chi connectivity index (χ2v) is 2.69. The Hall–Kier alpha value is -0.760. The summed E-state index contributed by atoms with van der Waals surface area (Å²) < 4.78 is 17.8. The third-order valence-corrected chi connectivity index (χ3v) is 1.59. The largest absolute Gasteiger partial charge is 0.494 e. The summed E-state index contributed by atoms with van der Waals surface area (Å²) in [5.41, 5.74) is 0. The van der Waals surface area contributed by atoms with Gasteiger partial charge in [0.2, 0.25) is 0 Å².